The molecule has 348 valence electrons. The van der Waals surface area contributed by atoms with E-state index >= 15 is 0 Å². The van der Waals surface area contributed by atoms with Crippen molar-refractivity contribution in [3.05, 3.63) is 296 Å². The fourth-order valence-corrected chi connectivity index (χ4v) is 11.2. The summed E-state index contributed by atoms with van der Waals surface area (Å²) in [5.41, 5.74) is 21.3. The summed E-state index contributed by atoms with van der Waals surface area (Å²) in [4.78, 5) is 0. The van der Waals surface area contributed by atoms with Crippen LogP contribution in [0.3, 0.4) is 0 Å². The van der Waals surface area contributed by atoms with Crippen LogP contribution in [0.4, 0.5) is 0 Å². The lowest BCUT2D eigenvalue weighted by atomic mass is 9.94. The quantitative estimate of drug-likeness (QED) is 0.153. The standard InChI is InChI=1S/C71H49N3/c1-6-16-48(17-7-1)52-26-28-54(29-27-52)60-46-66(55-32-30-53(31-33-55)49-18-8-2-9-19-49)72-71(47-60)74-69-40-35-57(51-22-12-4-13-23-51)43-64(69)65-45-59(37-41-70(65)74)58-36-39-68-63(44-58)62-42-56(50-20-10-3-11-21-50)34-38-67(62)73(68)61-24-14-5-15-25-61/h1-47,66,72H. The van der Waals surface area contributed by atoms with E-state index in [1.54, 1.807) is 0 Å². The van der Waals surface area contributed by atoms with Crippen molar-refractivity contribution in [2.75, 3.05) is 0 Å². The van der Waals surface area contributed by atoms with Crippen molar-refractivity contribution in [1.82, 2.24) is 14.5 Å². The van der Waals surface area contributed by atoms with E-state index in [2.05, 4.69) is 300 Å². The summed E-state index contributed by atoms with van der Waals surface area (Å²) in [5.74, 6) is 1.02. The Hall–Kier alpha value is -9.70. The van der Waals surface area contributed by atoms with Gasteiger partial charge in [-0.25, -0.2) is 0 Å². The monoisotopic (exact) mass is 943 g/mol. The summed E-state index contributed by atoms with van der Waals surface area (Å²) in [6.45, 7) is 0. The number of hydrogen-bond donors (Lipinski definition) is 1. The number of rotatable bonds is 9. The molecule has 1 unspecified atom stereocenters. The van der Waals surface area contributed by atoms with E-state index < -0.39 is 0 Å². The minimum atomic E-state index is -0.0915. The van der Waals surface area contributed by atoms with Gasteiger partial charge in [0.2, 0.25) is 0 Å². The van der Waals surface area contributed by atoms with Crippen LogP contribution in [0.1, 0.15) is 17.2 Å². The van der Waals surface area contributed by atoms with Crippen molar-refractivity contribution in [1.29, 1.82) is 0 Å². The molecule has 0 spiro atoms. The predicted octanol–water partition coefficient (Wildman–Crippen LogP) is 18.5. The zero-order valence-corrected chi connectivity index (χ0v) is 40.6. The molecule has 1 N–H and O–H groups in total. The van der Waals surface area contributed by atoms with Crippen LogP contribution in [-0.4, -0.2) is 9.13 Å². The van der Waals surface area contributed by atoms with Gasteiger partial charge in [-0.1, -0.05) is 212 Å². The Morgan fingerprint density at radius 3 is 1.00 bits per heavy atom. The van der Waals surface area contributed by atoms with Crippen LogP contribution in [0.15, 0.2) is 285 Å². The second kappa shape index (κ2) is 18.2. The third kappa shape index (κ3) is 7.71. The van der Waals surface area contributed by atoms with E-state index in [1.807, 2.05) is 0 Å². The first kappa shape index (κ1) is 43.1. The molecule has 0 radical (unpaired) electrons. The molecular weight excluding hydrogens is 895 g/mol. The lowest BCUT2D eigenvalue weighted by molar-refractivity contribution is 0.739. The molecule has 74 heavy (non-hydrogen) atoms. The SMILES string of the molecule is C1=C(c2ccc(-c3ccccc3)cc2)C=C(n2c3ccc(-c4ccccc4)cc3c3cc(-c4ccc5c(c4)c4cc(-c6ccccc6)ccc4n5-c4ccccc4)ccc32)NC1c1ccc(-c2ccccc2)cc1. The van der Waals surface area contributed by atoms with E-state index in [-0.39, 0.29) is 6.04 Å². The fraction of sp³-hybridized carbons (Fsp3) is 0.0141. The zero-order valence-electron chi connectivity index (χ0n) is 40.6. The van der Waals surface area contributed by atoms with Crippen LogP contribution in [0, 0.1) is 0 Å². The molecule has 0 saturated carbocycles. The molecule has 0 fully saturated rings. The van der Waals surface area contributed by atoms with Crippen molar-refractivity contribution in [3.63, 3.8) is 0 Å². The van der Waals surface area contributed by atoms with Gasteiger partial charge in [-0.3, -0.25) is 4.57 Å². The van der Waals surface area contributed by atoms with Crippen LogP contribution in [0.2, 0.25) is 0 Å². The smallest absolute Gasteiger partial charge is 0.112 e. The van der Waals surface area contributed by atoms with Gasteiger partial charge in [0.1, 0.15) is 5.82 Å². The first-order valence-electron chi connectivity index (χ1n) is 25.5. The summed E-state index contributed by atoms with van der Waals surface area (Å²) in [7, 11) is 0. The van der Waals surface area contributed by atoms with Gasteiger partial charge in [0, 0.05) is 27.2 Å². The van der Waals surface area contributed by atoms with Gasteiger partial charge in [-0.2, -0.15) is 0 Å². The van der Waals surface area contributed by atoms with E-state index in [0.717, 1.165) is 22.5 Å². The molecule has 14 rings (SSSR count). The molecule has 11 aromatic carbocycles. The number of nitrogens with zero attached hydrogens (tertiary/aromatic N) is 2. The molecule has 1 aliphatic rings. The maximum Gasteiger partial charge on any atom is 0.112 e. The Kier molecular flexibility index (Phi) is 10.6. The first-order valence-corrected chi connectivity index (χ1v) is 25.5. The van der Waals surface area contributed by atoms with E-state index in [0.29, 0.717) is 0 Å². The molecule has 2 aromatic heterocycles. The normalized spacial score (nSPS) is 13.5. The summed E-state index contributed by atoms with van der Waals surface area (Å²) in [6.07, 6.45) is 4.72. The second-order valence-electron chi connectivity index (χ2n) is 19.4. The molecule has 1 aliphatic heterocycles. The molecule has 1 atom stereocenters. The van der Waals surface area contributed by atoms with Gasteiger partial charge in [-0.15, -0.1) is 0 Å². The highest BCUT2D eigenvalue weighted by molar-refractivity contribution is 6.14. The minimum absolute atomic E-state index is 0.0915. The van der Waals surface area contributed by atoms with Crippen molar-refractivity contribution in [3.8, 4) is 61.3 Å². The van der Waals surface area contributed by atoms with Crippen LogP contribution >= 0.6 is 0 Å². The lowest BCUT2D eigenvalue weighted by Gasteiger charge is -2.27. The Morgan fingerprint density at radius 2 is 0.581 bits per heavy atom. The number of para-hydroxylation sites is 1. The van der Waals surface area contributed by atoms with Gasteiger partial charge < -0.3 is 9.88 Å². The number of hydrogen-bond acceptors (Lipinski definition) is 1. The maximum absolute atomic E-state index is 4.06. The highest BCUT2D eigenvalue weighted by Gasteiger charge is 2.23. The highest BCUT2D eigenvalue weighted by atomic mass is 15.2. The molecule has 0 aliphatic carbocycles. The molecular formula is C71H49N3. The largest absolute Gasteiger partial charge is 0.361 e. The maximum atomic E-state index is 4.06. The Morgan fingerprint density at radius 1 is 0.270 bits per heavy atom. The van der Waals surface area contributed by atoms with E-state index in [9.17, 15) is 0 Å². The lowest BCUT2D eigenvalue weighted by Crippen LogP contribution is -2.25. The number of dihydropyridines is 1. The average Bonchev–Trinajstić information content (AvgIpc) is 3.99. The molecule has 13 aromatic rings. The molecule has 3 heteroatoms. The fourth-order valence-electron chi connectivity index (χ4n) is 11.2. The Labute approximate surface area is 430 Å². The third-order valence-corrected chi connectivity index (χ3v) is 15.0. The van der Waals surface area contributed by atoms with Crippen LogP contribution < -0.4 is 5.32 Å². The van der Waals surface area contributed by atoms with Crippen LogP contribution in [-0.2, 0) is 0 Å². The summed E-state index contributed by atoms with van der Waals surface area (Å²) in [5, 5.41) is 8.92. The number of nitrogens with one attached hydrogen (secondary N) is 1. The van der Waals surface area contributed by atoms with Crippen LogP contribution in [0.25, 0.3) is 116 Å². The highest BCUT2D eigenvalue weighted by Crippen LogP contribution is 2.42. The van der Waals surface area contributed by atoms with E-state index in [1.165, 1.54) is 105 Å². The average molecular weight is 944 g/mol. The first-order chi connectivity index (χ1) is 36.7. The third-order valence-electron chi connectivity index (χ3n) is 15.0. The minimum Gasteiger partial charge on any atom is -0.361 e. The Balaban J connectivity index is 0.936. The van der Waals surface area contributed by atoms with Gasteiger partial charge in [0.05, 0.1) is 28.1 Å². The van der Waals surface area contributed by atoms with Crippen molar-refractivity contribution < 1.29 is 0 Å². The molecule has 3 heterocycles. The predicted molar refractivity (Wildman–Crippen MR) is 312 cm³/mol. The summed E-state index contributed by atoms with van der Waals surface area (Å²) >= 11 is 0. The van der Waals surface area contributed by atoms with Gasteiger partial charge in [0.25, 0.3) is 0 Å². The topological polar surface area (TPSA) is 21.9 Å². The van der Waals surface area contributed by atoms with Gasteiger partial charge in [0.15, 0.2) is 0 Å². The van der Waals surface area contributed by atoms with Gasteiger partial charge in [-0.05, 0) is 145 Å². The van der Waals surface area contributed by atoms with Crippen LogP contribution in [0.5, 0.6) is 0 Å². The summed E-state index contributed by atoms with van der Waals surface area (Å²) < 4.78 is 4.85. The molecule has 3 nitrogen and oxygen atoms in total. The second-order valence-corrected chi connectivity index (χ2v) is 19.4. The zero-order chi connectivity index (χ0) is 49.0. The number of benzene rings is 11. The van der Waals surface area contributed by atoms with Crippen molar-refractivity contribution in [2.24, 2.45) is 0 Å². The number of aromatic nitrogens is 2. The number of allylic oxidation sites excluding steroid dienone is 2. The molecule has 0 bridgehead atoms. The van der Waals surface area contributed by atoms with Gasteiger partial charge >= 0.3 is 0 Å². The summed E-state index contributed by atoms with van der Waals surface area (Å²) in [6, 6.07) is 99.4. The van der Waals surface area contributed by atoms with E-state index in [4.69, 9.17) is 0 Å². The number of fused-ring (bicyclic) bond motifs is 6. The molecule has 0 saturated heterocycles. The Bertz CT molecular complexity index is 4260. The van der Waals surface area contributed by atoms with Crippen molar-refractivity contribution >= 4 is 55.0 Å². The van der Waals surface area contributed by atoms with Crippen molar-refractivity contribution in [2.45, 2.75) is 6.04 Å². The molecule has 0 amide bonds.